The molecular formula is C14H22N2O2S. The lowest BCUT2D eigenvalue weighted by Crippen LogP contribution is -2.27. The van der Waals surface area contributed by atoms with E-state index < -0.39 is 10.0 Å². The minimum Gasteiger partial charge on any atom is -0.399 e. The van der Waals surface area contributed by atoms with Crippen LogP contribution in [0, 0.1) is 16.7 Å². The van der Waals surface area contributed by atoms with E-state index in [4.69, 9.17) is 5.73 Å². The lowest BCUT2D eigenvalue weighted by atomic mass is 10.0. The van der Waals surface area contributed by atoms with E-state index in [2.05, 4.69) is 32.4 Å². The molecule has 106 valence electrons. The van der Waals surface area contributed by atoms with E-state index in [1.165, 1.54) is 12.1 Å². The topological polar surface area (TPSA) is 72.2 Å². The lowest BCUT2D eigenvalue weighted by Gasteiger charge is -2.08. The number of anilines is 1. The van der Waals surface area contributed by atoms with Gasteiger partial charge in [0, 0.05) is 12.2 Å². The molecule has 0 spiro atoms. The number of benzene rings is 1. The second kappa shape index (κ2) is 4.21. The molecule has 1 aromatic carbocycles. The standard InChI is InChI=1S/C14H22N2O2S/c1-13(2)12(14(13,3)4)9-16-19(17,18)11-7-5-10(15)6-8-11/h5-8,12,16H,9,15H2,1-4H3. The van der Waals surface area contributed by atoms with Gasteiger partial charge in [-0.2, -0.15) is 0 Å². The summed E-state index contributed by atoms with van der Waals surface area (Å²) in [6, 6.07) is 6.25. The van der Waals surface area contributed by atoms with Crippen molar-refractivity contribution in [3.63, 3.8) is 0 Å². The predicted molar refractivity (Wildman–Crippen MR) is 77.1 cm³/mol. The number of rotatable bonds is 4. The Kier molecular flexibility index (Phi) is 3.18. The second-order valence-corrected chi connectivity index (χ2v) is 8.18. The summed E-state index contributed by atoms with van der Waals surface area (Å²) >= 11 is 0. The van der Waals surface area contributed by atoms with E-state index in [-0.39, 0.29) is 15.7 Å². The molecule has 4 nitrogen and oxygen atoms in total. The number of nitrogens with two attached hydrogens (primary N) is 1. The van der Waals surface area contributed by atoms with Gasteiger partial charge in [-0.3, -0.25) is 0 Å². The maximum atomic E-state index is 12.1. The Morgan fingerprint density at radius 2 is 1.58 bits per heavy atom. The summed E-state index contributed by atoms with van der Waals surface area (Å²) < 4.78 is 27.0. The van der Waals surface area contributed by atoms with Crippen molar-refractivity contribution in [1.82, 2.24) is 4.72 Å². The number of hydrogen-bond acceptors (Lipinski definition) is 3. The van der Waals surface area contributed by atoms with Crippen LogP contribution in [0.3, 0.4) is 0 Å². The van der Waals surface area contributed by atoms with Gasteiger partial charge >= 0.3 is 0 Å². The third-order valence-corrected chi connectivity index (χ3v) is 6.43. The Labute approximate surface area is 115 Å². The summed E-state index contributed by atoms with van der Waals surface area (Å²) in [5.41, 5.74) is 6.47. The number of nitrogens with one attached hydrogen (secondary N) is 1. The van der Waals surface area contributed by atoms with E-state index in [0.29, 0.717) is 18.2 Å². The minimum atomic E-state index is -3.44. The first-order valence-electron chi connectivity index (χ1n) is 6.44. The Hall–Kier alpha value is -1.07. The molecule has 0 radical (unpaired) electrons. The Morgan fingerprint density at radius 1 is 1.11 bits per heavy atom. The van der Waals surface area contributed by atoms with Gasteiger partial charge in [0.15, 0.2) is 0 Å². The molecule has 3 N–H and O–H groups in total. The zero-order valence-corrected chi connectivity index (χ0v) is 12.7. The van der Waals surface area contributed by atoms with Crippen molar-refractivity contribution in [3.8, 4) is 0 Å². The molecule has 0 unspecified atom stereocenters. The molecule has 0 bridgehead atoms. The van der Waals surface area contributed by atoms with Gasteiger partial charge < -0.3 is 5.73 Å². The molecule has 1 aliphatic rings. The van der Waals surface area contributed by atoms with Gasteiger partial charge in [0.2, 0.25) is 10.0 Å². The van der Waals surface area contributed by atoms with Crippen molar-refractivity contribution in [2.45, 2.75) is 32.6 Å². The fourth-order valence-electron chi connectivity index (χ4n) is 2.77. The van der Waals surface area contributed by atoms with E-state index in [0.717, 1.165) is 0 Å². The molecule has 1 aliphatic carbocycles. The molecule has 19 heavy (non-hydrogen) atoms. The molecule has 5 heteroatoms. The monoisotopic (exact) mass is 282 g/mol. The van der Waals surface area contributed by atoms with Crippen molar-refractivity contribution in [1.29, 1.82) is 0 Å². The molecular weight excluding hydrogens is 260 g/mol. The molecule has 0 heterocycles. The van der Waals surface area contributed by atoms with Gasteiger partial charge in [-0.25, -0.2) is 13.1 Å². The van der Waals surface area contributed by atoms with Gasteiger partial charge in [-0.05, 0) is 41.0 Å². The Balaban J connectivity index is 2.06. The highest BCUT2D eigenvalue weighted by Crippen LogP contribution is 2.67. The first kappa shape index (κ1) is 14.3. The normalized spacial score (nSPS) is 21.3. The van der Waals surface area contributed by atoms with Crippen LogP contribution in [-0.4, -0.2) is 15.0 Å². The fraction of sp³-hybridized carbons (Fsp3) is 0.571. The molecule has 1 fully saturated rings. The average molecular weight is 282 g/mol. The van der Waals surface area contributed by atoms with E-state index in [1.807, 2.05) is 0 Å². The highest BCUT2D eigenvalue weighted by molar-refractivity contribution is 7.89. The highest BCUT2D eigenvalue weighted by Gasteiger charge is 2.64. The zero-order chi connectivity index (χ0) is 14.5. The van der Waals surface area contributed by atoms with Crippen LogP contribution in [0.1, 0.15) is 27.7 Å². The third-order valence-electron chi connectivity index (χ3n) is 4.99. The summed E-state index contributed by atoms with van der Waals surface area (Å²) in [6.45, 7) is 9.18. The smallest absolute Gasteiger partial charge is 0.240 e. The van der Waals surface area contributed by atoms with Crippen molar-refractivity contribution < 1.29 is 8.42 Å². The first-order chi connectivity index (χ1) is 8.59. The van der Waals surface area contributed by atoms with Crippen LogP contribution in [0.4, 0.5) is 5.69 Å². The van der Waals surface area contributed by atoms with Crippen LogP contribution in [-0.2, 0) is 10.0 Å². The molecule has 0 atom stereocenters. The van der Waals surface area contributed by atoms with Gasteiger partial charge in [-0.1, -0.05) is 27.7 Å². The van der Waals surface area contributed by atoms with E-state index in [1.54, 1.807) is 12.1 Å². The van der Waals surface area contributed by atoms with Gasteiger partial charge in [0.05, 0.1) is 4.90 Å². The molecule has 2 rings (SSSR count). The summed E-state index contributed by atoms with van der Waals surface area (Å²) in [7, 11) is -3.44. The van der Waals surface area contributed by atoms with E-state index in [9.17, 15) is 8.42 Å². The first-order valence-corrected chi connectivity index (χ1v) is 7.92. The molecule has 0 amide bonds. The van der Waals surface area contributed by atoms with Crippen LogP contribution in [0.25, 0.3) is 0 Å². The quantitative estimate of drug-likeness (QED) is 0.832. The van der Waals surface area contributed by atoms with Crippen molar-refractivity contribution >= 4 is 15.7 Å². The van der Waals surface area contributed by atoms with Gasteiger partial charge in [-0.15, -0.1) is 0 Å². The Morgan fingerprint density at radius 3 is 2.00 bits per heavy atom. The molecule has 0 saturated heterocycles. The van der Waals surface area contributed by atoms with Crippen LogP contribution < -0.4 is 10.5 Å². The number of hydrogen-bond donors (Lipinski definition) is 2. The fourth-order valence-corrected chi connectivity index (χ4v) is 3.81. The predicted octanol–water partition coefficient (Wildman–Crippen LogP) is 2.23. The molecule has 1 aromatic rings. The van der Waals surface area contributed by atoms with Crippen molar-refractivity contribution in [2.75, 3.05) is 12.3 Å². The molecule has 0 aromatic heterocycles. The number of nitrogen functional groups attached to an aromatic ring is 1. The van der Waals surface area contributed by atoms with Crippen molar-refractivity contribution in [2.24, 2.45) is 16.7 Å². The van der Waals surface area contributed by atoms with Gasteiger partial charge in [0.1, 0.15) is 0 Å². The van der Waals surface area contributed by atoms with Gasteiger partial charge in [0.25, 0.3) is 0 Å². The lowest BCUT2D eigenvalue weighted by molar-refractivity contribution is 0.457. The molecule has 1 saturated carbocycles. The largest absolute Gasteiger partial charge is 0.399 e. The maximum absolute atomic E-state index is 12.1. The van der Waals surface area contributed by atoms with Crippen LogP contribution >= 0.6 is 0 Å². The van der Waals surface area contributed by atoms with Crippen LogP contribution in [0.5, 0.6) is 0 Å². The summed E-state index contributed by atoms with van der Waals surface area (Å²) in [4.78, 5) is 0.262. The Bertz CT molecular complexity index is 560. The minimum absolute atomic E-state index is 0.177. The number of sulfonamides is 1. The molecule has 0 aliphatic heterocycles. The highest BCUT2D eigenvalue weighted by atomic mass is 32.2. The van der Waals surface area contributed by atoms with E-state index >= 15 is 0 Å². The maximum Gasteiger partial charge on any atom is 0.240 e. The van der Waals surface area contributed by atoms with Crippen molar-refractivity contribution in [3.05, 3.63) is 24.3 Å². The van der Waals surface area contributed by atoms with Crippen LogP contribution in [0.2, 0.25) is 0 Å². The summed E-state index contributed by atoms with van der Waals surface area (Å²) in [5.74, 6) is 0.364. The summed E-state index contributed by atoms with van der Waals surface area (Å²) in [6.07, 6.45) is 0. The average Bonchev–Trinajstić information content (AvgIpc) is 2.67. The summed E-state index contributed by atoms with van der Waals surface area (Å²) in [5, 5.41) is 0. The van der Waals surface area contributed by atoms with Crippen LogP contribution in [0.15, 0.2) is 29.2 Å². The zero-order valence-electron chi connectivity index (χ0n) is 11.9. The second-order valence-electron chi connectivity index (χ2n) is 6.42. The third kappa shape index (κ3) is 2.37. The SMILES string of the molecule is CC1(C)C(CNS(=O)(=O)c2ccc(N)cc2)C1(C)C.